The molecule has 0 aliphatic carbocycles. The second-order valence-electron chi connectivity index (χ2n) is 9.43. The van der Waals surface area contributed by atoms with Gasteiger partial charge < -0.3 is 4.90 Å². The van der Waals surface area contributed by atoms with E-state index in [4.69, 9.17) is 0 Å². The lowest BCUT2D eigenvalue weighted by molar-refractivity contribution is 0.247. The van der Waals surface area contributed by atoms with Crippen molar-refractivity contribution in [2.45, 2.75) is 72.1 Å². The van der Waals surface area contributed by atoms with Crippen molar-refractivity contribution in [1.29, 1.82) is 0 Å². The first-order valence-electron chi connectivity index (χ1n) is 11.9. The molecule has 2 aromatic rings. The normalized spacial score (nSPS) is 11.9. The molecule has 0 aromatic heterocycles. The van der Waals surface area contributed by atoms with Crippen molar-refractivity contribution < 1.29 is 0 Å². The van der Waals surface area contributed by atoms with Crippen LogP contribution in [0.1, 0.15) is 83.3 Å². The van der Waals surface area contributed by atoms with Gasteiger partial charge in [-0.3, -0.25) is 0 Å². The average molecular weight is 394 g/mol. The predicted molar refractivity (Wildman–Crippen MR) is 129 cm³/mol. The highest BCUT2D eigenvalue weighted by Crippen LogP contribution is 2.29. The van der Waals surface area contributed by atoms with Crippen molar-refractivity contribution in [3.8, 4) is 0 Å². The quantitative estimate of drug-likeness (QED) is 0.317. The van der Waals surface area contributed by atoms with E-state index in [2.05, 4.69) is 93.3 Å². The highest BCUT2D eigenvalue weighted by Gasteiger charge is 2.14. The van der Waals surface area contributed by atoms with Crippen LogP contribution in [0.25, 0.3) is 0 Å². The van der Waals surface area contributed by atoms with Crippen molar-refractivity contribution in [1.82, 2.24) is 4.90 Å². The summed E-state index contributed by atoms with van der Waals surface area (Å²) in [5.41, 5.74) is 2.90. The van der Waals surface area contributed by atoms with E-state index in [1.54, 1.807) is 0 Å². The Morgan fingerprint density at radius 1 is 0.552 bits per heavy atom. The standard InChI is InChI=1S/C28H43N/c1-24(2)14-11-21-29(22-12-15-25(3)4)23-13-20-28(26-16-7-5-8-17-26)27-18-9-6-10-19-27/h5-10,16-19,24-25,28H,11-15,20-23H2,1-4H3. The first kappa shape index (κ1) is 23.7. The van der Waals surface area contributed by atoms with Gasteiger partial charge in [0.15, 0.2) is 0 Å². The second-order valence-corrected chi connectivity index (χ2v) is 9.43. The number of hydrogen-bond acceptors (Lipinski definition) is 1. The van der Waals surface area contributed by atoms with Crippen LogP contribution in [0.4, 0.5) is 0 Å². The van der Waals surface area contributed by atoms with E-state index in [-0.39, 0.29) is 0 Å². The minimum absolute atomic E-state index is 0.505. The Labute approximate surface area is 180 Å². The van der Waals surface area contributed by atoms with Gasteiger partial charge >= 0.3 is 0 Å². The summed E-state index contributed by atoms with van der Waals surface area (Å²) in [5, 5.41) is 0. The lowest BCUT2D eigenvalue weighted by atomic mass is 9.87. The van der Waals surface area contributed by atoms with Crippen molar-refractivity contribution in [2.24, 2.45) is 11.8 Å². The number of benzene rings is 2. The molecule has 0 spiro atoms. The fraction of sp³-hybridized carbons (Fsp3) is 0.571. The van der Waals surface area contributed by atoms with Crippen LogP contribution in [0.3, 0.4) is 0 Å². The Morgan fingerprint density at radius 3 is 1.31 bits per heavy atom. The molecule has 0 radical (unpaired) electrons. The van der Waals surface area contributed by atoms with E-state index in [9.17, 15) is 0 Å². The average Bonchev–Trinajstić information content (AvgIpc) is 2.71. The van der Waals surface area contributed by atoms with Gasteiger partial charge in [-0.25, -0.2) is 0 Å². The molecule has 0 aliphatic heterocycles. The predicted octanol–water partition coefficient (Wildman–Crippen LogP) is 7.77. The van der Waals surface area contributed by atoms with E-state index < -0.39 is 0 Å². The van der Waals surface area contributed by atoms with E-state index >= 15 is 0 Å². The van der Waals surface area contributed by atoms with Gasteiger partial charge in [0.2, 0.25) is 0 Å². The lowest BCUT2D eigenvalue weighted by Gasteiger charge is -2.25. The third kappa shape index (κ3) is 9.63. The topological polar surface area (TPSA) is 3.24 Å². The molecule has 0 N–H and O–H groups in total. The van der Waals surface area contributed by atoms with Crippen LogP contribution in [0, 0.1) is 11.8 Å². The van der Waals surface area contributed by atoms with Crippen molar-refractivity contribution in [3.63, 3.8) is 0 Å². The Kier molecular flexibility index (Phi) is 11.1. The van der Waals surface area contributed by atoms with Crippen LogP contribution in [-0.2, 0) is 0 Å². The third-order valence-electron chi connectivity index (χ3n) is 5.88. The summed E-state index contributed by atoms with van der Waals surface area (Å²) in [4.78, 5) is 2.73. The largest absolute Gasteiger partial charge is 0.303 e. The molecule has 1 heteroatoms. The Hall–Kier alpha value is -1.60. The molecule has 0 unspecified atom stereocenters. The first-order valence-corrected chi connectivity index (χ1v) is 11.9. The molecule has 0 heterocycles. The smallest absolute Gasteiger partial charge is 0.00898 e. The summed E-state index contributed by atoms with van der Waals surface area (Å²) in [7, 11) is 0. The van der Waals surface area contributed by atoms with Crippen molar-refractivity contribution in [2.75, 3.05) is 19.6 Å². The van der Waals surface area contributed by atoms with Gasteiger partial charge in [-0.15, -0.1) is 0 Å². The summed E-state index contributed by atoms with van der Waals surface area (Å²) in [6.45, 7) is 13.1. The van der Waals surface area contributed by atoms with Crippen LogP contribution in [-0.4, -0.2) is 24.5 Å². The first-order chi connectivity index (χ1) is 14.1. The monoisotopic (exact) mass is 393 g/mol. The molecule has 29 heavy (non-hydrogen) atoms. The summed E-state index contributed by atoms with van der Waals surface area (Å²) in [6.07, 6.45) is 7.84. The molecule has 160 valence electrons. The minimum atomic E-state index is 0.505. The third-order valence-corrected chi connectivity index (χ3v) is 5.88. The fourth-order valence-corrected chi connectivity index (χ4v) is 4.20. The van der Waals surface area contributed by atoms with Gasteiger partial charge in [-0.05, 0) is 81.1 Å². The van der Waals surface area contributed by atoms with Gasteiger partial charge in [0.1, 0.15) is 0 Å². The van der Waals surface area contributed by atoms with E-state index in [0.717, 1.165) is 11.8 Å². The van der Waals surface area contributed by atoms with Crippen molar-refractivity contribution in [3.05, 3.63) is 71.8 Å². The van der Waals surface area contributed by atoms with Crippen LogP contribution in [0.15, 0.2) is 60.7 Å². The molecule has 0 saturated carbocycles. The van der Waals surface area contributed by atoms with Crippen LogP contribution < -0.4 is 0 Å². The van der Waals surface area contributed by atoms with Gasteiger partial charge in [0.25, 0.3) is 0 Å². The van der Waals surface area contributed by atoms with E-state index in [0.29, 0.717) is 5.92 Å². The maximum Gasteiger partial charge on any atom is 0.00898 e. The zero-order chi connectivity index (χ0) is 20.9. The highest BCUT2D eigenvalue weighted by molar-refractivity contribution is 5.32. The molecule has 0 amide bonds. The zero-order valence-corrected chi connectivity index (χ0v) is 19.3. The molecule has 0 saturated heterocycles. The maximum atomic E-state index is 2.73. The minimum Gasteiger partial charge on any atom is -0.303 e. The molecule has 1 nitrogen and oxygen atoms in total. The van der Waals surface area contributed by atoms with Gasteiger partial charge in [0.05, 0.1) is 0 Å². The molecule has 0 bridgehead atoms. The zero-order valence-electron chi connectivity index (χ0n) is 19.3. The molecule has 0 fully saturated rings. The molecule has 0 atom stereocenters. The highest BCUT2D eigenvalue weighted by atomic mass is 15.1. The number of rotatable bonds is 14. The van der Waals surface area contributed by atoms with E-state index in [1.165, 1.54) is 69.3 Å². The second kappa shape index (κ2) is 13.6. The maximum absolute atomic E-state index is 2.73. The lowest BCUT2D eigenvalue weighted by Crippen LogP contribution is -2.28. The molecule has 2 rings (SSSR count). The Morgan fingerprint density at radius 2 is 0.931 bits per heavy atom. The van der Waals surface area contributed by atoms with Gasteiger partial charge in [-0.1, -0.05) is 88.4 Å². The van der Waals surface area contributed by atoms with E-state index in [1.807, 2.05) is 0 Å². The van der Waals surface area contributed by atoms with Crippen LogP contribution >= 0.6 is 0 Å². The summed E-state index contributed by atoms with van der Waals surface area (Å²) >= 11 is 0. The SMILES string of the molecule is CC(C)CCCN(CCCC(C)C)CCCC(c1ccccc1)c1ccccc1. The molecular weight excluding hydrogens is 350 g/mol. The molecular formula is C28H43N. The number of hydrogen-bond donors (Lipinski definition) is 0. The van der Waals surface area contributed by atoms with Crippen LogP contribution in [0.2, 0.25) is 0 Å². The Balaban J connectivity index is 1.93. The summed E-state index contributed by atoms with van der Waals surface area (Å²) in [6, 6.07) is 22.1. The van der Waals surface area contributed by atoms with Gasteiger partial charge in [0, 0.05) is 5.92 Å². The summed E-state index contributed by atoms with van der Waals surface area (Å²) < 4.78 is 0. The summed E-state index contributed by atoms with van der Waals surface area (Å²) in [5.74, 6) is 2.13. The molecule has 0 aliphatic rings. The fourth-order valence-electron chi connectivity index (χ4n) is 4.20. The molecule has 2 aromatic carbocycles. The number of nitrogens with zero attached hydrogens (tertiary/aromatic N) is 1. The van der Waals surface area contributed by atoms with Crippen molar-refractivity contribution >= 4 is 0 Å². The van der Waals surface area contributed by atoms with Gasteiger partial charge in [-0.2, -0.15) is 0 Å². The van der Waals surface area contributed by atoms with Crippen LogP contribution in [0.5, 0.6) is 0 Å². The Bertz CT molecular complexity index is 578.